The van der Waals surface area contributed by atoms with E-state index in [1.165, 1.54) is 0 Å². The molecule has 4 rings (SSSR count). The summed E-state index contributed by atoms with van der Waals surface area (Å²) in [5, 5.41) is 5.58. The fourth-order valence-electron chi connectivity index (χ4n) is 3.90. The third kappa shape index (κ3) is 8.69. The number of amides is 2. The van der Waals surface area contributed by atoms with Crippen LogP contribution in [0.1, 0.15) is 28.3 Å². The van der Waals surface area contributed by atoms with Gasteiger partial charge < -0.3 is 25.0 Å². The van der Waals surface area contributed by atoms with Crippen molar-refractivity contribution in [2.24, 2.45) is 0 Å². The molecule has 0 aliphatic heterocycles. The Bertz CT molecular complexity index is 1350. The third-order valence-electron chi connectivity index (χ3n) is 5.76. The van der Waals surface area contributed by atoms with Crippen LogP contribution in [-0.4, -0.2) is 36.0 Å². The molecular weight excluding hydrogens is 492 g/mol. The maximum atomic E-state index is 13.4. The van der Waals surface area contributed by atoms with Crippen molar-refractivity contribution in [3.63, 3.8) is 0 Å². The minimum Gasteiger partial charge on any atom is -0.489 e. The summed E-state index contributed by atoms with van der Waals surface area (Å²) in [6.07, 6.45) is 2.62. The van der Waals surface area contributed by atoms with Crippen molar-refractivity contribution < 1.29 is 19.1 Å². The van der Waals surface area contributed by atoms with E-state index in [1.807, 2.05) is 85.7 Å². The molecule has 0 fully saturated rings. The number of hydrogen-bond acceptors (Lipinski definition) is 6. The minimum absolute atomic E-state index is 0.0871. The van der Waals surface area contributed by atoms with Gasteiger partial charge in [-0.05, 0) is 54.5 Å². The second-order valence-electron chi connectivity index (χ2n) is 9.29. The summed E-state index contributed by atoms with van der Waals surface area (Å²) in [4.78, 5) is 32.3. The smallest absolute Gasteiger partial charge is 0.408 e. The number of rotatable bonds is 11. The number of hydrogen-bond donors (Lipinski definition) is 2. The average Bonchev–Trinajstić information content (AvgIpc) is 2.95. The molecular formula is C31H32N4O4. The van der Waals surface area contributed by atoms with Crippen LogP contribution >= 0.6 is 0 Å². The Balaban J connectivity index is 1.47. The Hall–Kier alpha value is -4.69. The molecule has 0 saturated heterocycles. The second-order valence-corrected chi connectivity index (χ2v) is 9.29. The maximum absolute atomic E-state index is 13.4. The zero-order valence-corrected chi connectivity index (χ0v) is 22.0. The van der Waals surface area contributed by atoms with E-state index in [1.54, 1.807) is 36.7 Å². The van der Waals surface area contributed by atoms with Gasteiger partial charge in [-0.1, -0.05) is 72.8 Å². The van der Waals surface area contributed by atoms with Crippen LogP contribution in [0.4, 0.5) is 10.5 Å². The number of pyridine rings is 1. The summed E-state index contributed by atoms with van der Waals surface area (Å²) in [6.45, 7) is 1.18. The van der Waals surface area contributed by atoms with E-state index in [0.29, 0.717) is 30.2 Å². The number of alkyl carbamates (subject to hydrolysis) is 1. The van der Waals surface area contributed by atoms with Crippen molar-refractivity contribution in [3.05, 3.63) is 126 Å². The second kappa shape index (κ2) is 13.7. The minimum atomic E-state index is -1.01. The van der Waals surface area contributed by atoms with Gasteiger partial charge in [-0.2, -0.15) is 0 Å². The predicted molar refractivity (Wildman–Crippen MR) is 150 cm³/mol. The predicted octanol–water partition coefficient (Wildman–Crippen LogP) is 5.33. The first-order valence-corrected chi connectivity index (χ1v) is 12.6. The number of ether oxygens (including phenoxy) is 2. The van der Waals surface area contributed by atoms with Gasteiger partial charge in [0.05, 0.1) is 11.9 Å². The van der Waals surface area contributed by atoms with Crippen LogP contribution in [0.5, 0.6) is 5.75 Å². The standard InChI is InChI=1S/C31H32N4O4/c1-35(2)20-25-17-27(19-32-18-25)33-30(36)29(34-31(37)39-22-24-11-7-4-8-12-24)26-13-15-28(16-14-26)38-21-23-9-5-3-6-10-23/h3-19,29H,20-22H2,1-2H3,(H,33,36)(H,34,37)/t29-/m0/s1. The fraction of sp³-hybridized carbons (Fsp3) is 0.194. The number of nitrogens with zero attached hydrogens (tertiary/aromatic N) is 2. The van der Waals surface area contributed by atoms with Crippen molar-refractivity contribution in [2.45, 2.75) is 25.8 Å². The molecule has 3 aromatic carbocycles. The molecule has 0 saturated carbocycles. The molecule has 1 atom stereocenters. The van der Waals surface area contributed by atoms with E-state index in [2.05, 4.69) is 15.6 Å². The van der Waals surface area contributed by atoms with Gasteiger partial charge in [0.15, 0.2) is 0 Å². The molecule has 1 aromatic heterocycles. The first-order chi connectivity index (χ1) is 19.0. The molecule has 2 amide bonds. The zero-order chi connectivity index (χ0) is 27.5. The molecule has 39 heavy (non-hydrogen) atoms. The summed E-state index contributed by atoms with van der Waals surface area (Å²) in [5.41, 5.74) is 3.95. The Morgan fingerprint density at radius 3 is 2.10 bits per heavy atom. The number of benzene rings is 3. The highest BCUT2D eigenvalue weighted by molar-refractivity contribution is 5.97. The number of carbonyl (C=O) groups is 2. The maximum Gasteiger partial charge on any atom is 0.408 e. The van der Waals surface area contributed by atoms with Crippen molar-refractivity contribution >= 4 is 17.7 Å². The van der Waals surface area contributed by atoms with Crippen LogP contribution in [0.15, 0.2) is 103 Å². The fourth-order valence-corrected chi connectivity index (χ4v) is 3.90. The monoisotopic (exact) mass is 524 g/mol. The topological polar surface area (TPSA) is 92.8 Å². The summed E-state index contributed by atoms with van der Waals surface area (Å²) in [5.74, 6) is 0.224. The molecule has 0 aliphatic rings. The summed E-state index contributed by atoms with van der Waals surface area (Å²) < 4.78 is 11.3. The third-order valence-corrected chi connectivity index (χ3v) is 5.76. The van der Waals surface area contributed by atoms with E-state index in [0.717, 1.165) is 16.7 Å². The van der Waals surface area contributed by atoms with Crippen LogP contribution in [-0.2, 0) is 29.3 Å². The van der Waals surface area contributed by atoms with Gasteiger partial charge in [0.25, 0.3) is 5.91 Å². The molecule has 0 unspecified atom stereocenters. The molecule has 8 heteroatoms. The lowest BCUT2D eigenvalue weighted by molar-refractivity contribution is -0.118. The van der Waals surface area contributed by atoms with Gasteiger partial charge in [0.1, 0.15) is 25.0 Å². The van der Waals surface area contributed by atoms with Crippen LogP contribution in [0.25, 0.3) is 0 Å². The largest absolute Gasteiger partial charge is 0.489 e. The van der Waals surface area contributed by atoms with Crippen molar-refractivity contribution in [1.82, 2.24) is 15.2 Å². The Kier molecular flexibility index (Phi) is 9.63. The van der Waals surface area contributed by atoms with Crippen LogP contribution in [0.2, 0.25) is 0 Å². The van der Waals surface area contributed by atoms with Gasteiger partial charge in [-0.25, -0.2) is 4.79 Å². The lowest BCUT2D eigenvalue weighted by atomic mass is 10.1. The van der Waals surface area contributed by atoms with Gasteiger partial charge in [0.2, 0.25) is 0 Å². The molecule has 4 aromatic rings. The molecule has 8 nitrogen and oxygen atoms in total. The highest BCUT2D eigenvalue weighted by Crippen LogP contribution is 2.21. The first kappa shape index (κ1) is 27.3. The van der Waals surface area contributed by atoms with Crippen LogP contribution in [0, 0.1) is 0 Å². The van der Waals surface area contributed by atoms with E-state index < -0.39 is 18.0 Å². The van der Waals surface area contributed by atoms with E-state index in [-0.39, 0.29) is 6.61 Å². The zero-order valence-electron chi connectivity index (χ0n) is 22.0. The summed E-state index contributed by atoms with van der Waals surface area (Å²) in [6, 6.07) is 27.1. The van der Waals surface area contributed by atoms with E-state index in [9.17, 15) is 9.59 Å². The molecule has 0 spiro atoms. The van der Waals surface area contributed by atoms with E-state index in [4.69, 9.17) is 9.47 Å². The van der Waals surface area contributed by atoms with Gasteiger partial charge in [0, 0.05) is 12.7 Å². The SMILES string of the molecule is CN(C)Cc1cncc(NC(=O)[C@@H](NC(=O)OCc2ccccc2)c2ccc(OCc3ccccc3)cc2)c1. The van der Waals surface area contributed by atoms with Crippen molar-refractivity contribution in [1.29, 1.82) is 0 Å². The number of anilines is 1. The first-order valence-electron chi connectivity index (χ1n) is 12.6. The molecule has 200 valence electrons. The van der Waals surface area contributed by atoms with Crippen LogP contribution in [0.3, 0.4) is 0 Å². The van der Waals surface area contributed by atoms with Gasteiger partial charge in [-0.15, -0.1) is 0 Å². The summed E-state index contributed by atoms with van der Waals surface area (Å²) in [7, 11) is 3.92. The molecule has 0 aliphatic carbocycles. The Morgan fingerprint density at radius 2 is 1.46 bits per heavy atom. The molecule has 0 radical (unpaired) electrons. The Labute approximate surface area is 228 Å². The number of nitrogens with one attached hydrogen (secondary N) is 2. The van der Waals surface area contributed by atoms with Crippen molar-refractivity contribution in [3.8, 4) is 5.75 Å². The van der Waals surface area contributed by atoms with Gasteiger partial charge >= 0.3 is 6.09 Å². The normalized spacial score (nSPS) is 11.5. The van der Waals surface area contributed by atoms with Crippen molar-refractivity contribution in [2.75, 3.05) is 19.4 Å². The molecule has 1 heterocycles. The lowest BCUT2D eigenvalue weighted by Gasteiger charge is -2.19. The van der Waals surface area contributed by atoms with E-state index >= 15 is 0 Å². The summed E-state index contributed by atoms with van der Waals surface area (Å²) >= 11 is 0. The number of aromatic nitrogens is 1. The van der Waals surface area contributed by atoms with Gasteiger partial charge in [-0.3, -0.25) is 9.78 Å². The highest BCUT2D eigenvalue weighted by Gasteiger charge is 2.24. The molecule has 2 N–H and O–H groups in total. The van der Waals surface area contributed by atoms with Crippen LogP contribution < -0.4 is 15.4 Å². The average molecular weight is 525 g/mol. The highest BCUT2D eigenvalue weighted by atomic mass is 16.5. The molecule has 0 bridgehead atoms. The quantitative estimate of drug-likeness (QED) is 0.276. The number of carbonyl (C=O) groups excluding carboxylic acids is 2. The lowest BCUT2D eigenvalue weighted by Crippen LogP contribution is -2.37. The Morgan fingerprint density at radius 1 is 0.821 bits per heavy atom.